The zero-order valence-electron chi connectivity index (χ0n) is 11.9. The molecular weight excluding hydrogens is 212 g/mol. The fourth-order valence-electron chi connectivity index (χ4n) is 2.34. The summed E-state index contributed by atoms with van der Waals surface area (Å²) in [6, 6.07) is 0.760. The van der Waals surface area contributed by atoms with E-state index in [0.717, 1.165) is 25.7 Å². The first-order valence-electron chi connectivity index (χ1n) is 7.22. The molecule has 102 valence electrons. The topological polar surface area (TPSA) is 24.5 Å². The molecule has 1 unspecified atom stereocenters. The van der Waals surface area contributed by atoms with Gasteiger partial charge in [0.05, 0.1) is 6.10 Å². The first kappa shape index (κ1) is 14.9. The standard InChI is InChI=1S/C14H30N2O/c1-13(2)17-11-7-5-9-15-12-14-8-4-6-10-16(14)3/h13-15H,4-12H2,1-3H3. The van der Waals surface area contributed by atoms with Crippen molar-refractivity contribution in [2.45, 2.75) is 58.1 Å². The van der Waals surface area contributed by atoms with Crippen LogP contribution in [0.5, 0.6) is 0 Å². The highest BCUT2D eigenvalue weighted by molar-refractivity contribution is 4.75. The van der Waals surface area contributed by atoms with Gasteiger partial charge in [-0.1, -0.05) is 6.42 Å². The molecule has 0 aromatic heterocycles. The Labute approximate surface area is 107 Å². The number of nitrogens with one attached hydrogen (secondary N) is 1. The van der Waals surface area contributed by atoms with E-state index in [9.17, 15) is 0 Å². The van der Waals surface area contributed by atoms with Crippen molar-refractivity contribution >= 4 is 0 Å². The molecule has 0 amide bonds. The Morgan fingerprint density at radius 2 is 2.12 bits per heavy atom. The number of unbranched alkanes of at least 4 members (excludes halogenated alkanes) is 1. The highest BCUT2D eigenvalue weighted by atomic mass is 16.5. The maximum Gasteiger partial charge on any atom is 0.0518 e. The van der Waals surface area contributed by atoms with E-state index in [-0.39, 0.29) is 0 Å². The van der Waals surface area contributed by atoms with Crippen molar-refractivity contribution in [3.8, 4) is 0 Å². The molecule has 0 saturated carbocycles. The van der Waals surface area contributed by atoms with Gasteiger partial charge in [-0.05, 0) is 59.7 Å². The van der Waals surface area contributed by atoms with Crippen LogP contribution in [0.15, 0.2) is 0 Å². The number of hydrogen-bond donors (Lipinski definition) is 1. The normalized spacial score (nSPS) is 22.2. The molecule has 0 radical (unpaired) electrons. The molecular formula is C14H30N2O. The first-order chi connectivity index (χ1) is 8.20. The van der Waals surface area contributed by atoms with Gasteiger partial charge in [-0.3, -0.25) is 0 Å². The highest BCUT2D eigenvalue weighted by Gasteiger charge is 2.17. The van der Waals surface area contributed by atoms with Crippen LogP contribution in [0.3, 0.4) is 0 Å². The average molecular weight is 242 g/mol. The second-order valence-corrected chi connectivity index (χ2v) is 5.46. The zero-order chi connectivity index (χ0) is 12.5. The highest BCUT2D eigenvalue weighted by Crippen LogP contribution is 2.13. The molecule has 1 N–H and O–H groups in total. The van der Waals surface area contributed by atoms with E-state index in [4.69, 9.17) is 4.74 Å². The molecule has 3 heteroatoms. The maximum atomic E-state index is 5.52. The fraction of sp³-hybridized carbons (Fsp3) is 1.00. The molecule has 1 heterocycles. The molecule has 1 atom stereocenters. The zero-order valence-corrected chi connectivity index (χ0v) is 11.9. The van der Waals surface area contributed by atoms with E-state index in [1.54, 1.807) is 0 Å². The molecule has 1 aliphatic heterocycles. The number of hydrogen-bond acceptors (Lipinski definition) is 3. The lowest BCUT2D eigenvalue weighted by atomic mass is 10.0. The second kappa shape index (κ2) is 8.90. The van der Waals surface area contributed by atoms with Gasteiger partial charge in [0.25, 0.3) is 0 Å². The average Bonchev–Trinajstić information content (AvgIpc) is 2.30. The summed E-state index contributed by atoms with van der Waals surface area (Å²) in [5.74, 6) is 0. The molecule has 3 nitrogen and oxygen atoms in total. The number of ether oxygens (including phenoxy) is 1. The third-order valence-corrected chi connectivity index (χ3v) is 3.50. The van der Waals surface area contributed by atoms with E-state index < -0.39 is 0 Å². The minimum Gasteiger partial charge on any atom is -0.379 e. The summed E-state index contributed by atoms with van der Waals surface area (Å²) in [7, 11) is 2.25. The SMILES string of the molecule is CC(C)OCCCCNCC1CCCCN1C. The van der Waals surface area contributed by atoms with Crippen molar-refractivity contribution in [1.29, 1.82) is 0 Å². The number of rotatable bonds is 8. The Hall–Kier alpha value is -0.120. The Bertz CT molecular complexity index is 185. The van der Waals surface area contributed by atoms with E-state index in [1.165, 1.54) is 38.6 Å². The molecule has 0 bridgehead atoms. The maximum absolute atomic E-state index is 5.52. The number of nitrogens with zero attached hydrogens (tertiary/aromatic N) is 1. The summed E-state index contributed by atoms with van der Waals surface area (Å²) in [5, 5.41) is 3.58. The van der Waals surface area contributed by atoms with E-state index in [1.807, 2.05) is 0 Å². The van der Waals surface area contributed by atoms with Crippen molar-refractivity contribution in [2.75, 3.05) is 33.3 Å². The quantitative estimate of drug-likeness (QED) is 0.661. The Morgan fingerprint density at radius 1 is 1.29 bits per heavy atom. The number of piperidine rings is 1. The van der Waals surface area contributed by atoms with Gasteiger partial charge in [0.2, 0.25) is 0 Å². The Kier molecular flexibility index (Phi) is 7.82. The molecule has 1 saturated heterocycles. The van der Waals surface area contributed by atoms with Gasteiger partial charge in [-0.25, -0.2) is 0 Å². The van der Waals surface area contributed by atoms with Crippen LogP contribution in [0.2, 0.25) is 0 Å². The van der Waals surface area contributed by atoms with E-state index in [0.29, 0.717) is 6.10 Å². The number of likely N-dealkylation sites (N-methyl/N-ethyl adjacent to an activating group) is 1. The van der Waals surface area contributed by atoms with Crippen LogP contribution in [0.1, 0.15) is 46.0 Å². The molecule has 0 aliphatic carbocycles. The van der Waals surface area contributed by atoms with Gasteiger partial charge in [0, 0.05) is 19.2 Å². The minimum absolute atomic E-state index is 0.374. The summed E-state index contributed by atoms with van der Waals surface area (Å²) in [5.41, 5.74) is 0. The molecule has 1 fully saturated rings. The number of likely N-dealkylation sites (tertiary alicyclic amines) is 1. The van der Waals surface area contributed by atoms with Crippen molar-refractivity contribution in [2.24, 2.45) is 0 Å². The molecule has 0 spiro atoms. The third-order valence-electron chi connectivity index (χ3n) is 3.50. The Morgan fingerprint density at radius 3 is 2.82 bits per heavy atom. The van der Waals surface area contributed by atoms with Crippen LogP contribution < -0.4 is 5.32 Å². The van der Waals surface area contributed by atoms with E-state index >= 15 is 0 Å². The lowest BCUT2D eigenvalue weighted by molar-refractivity contribution is 0.0759. The monoisotopic (exact) mass is 242 g/mol. The van der Waals surface area contributed by atoms with Crippen LogP contribution >= 0.6 is 0 Å². The van der Waals surface area contributed by atoms with Gasteiger partial charge >= 0.3 is 0 Å². The lowest BCUT2D eigenvalue weighted by Crippen LogP contribution is -2.43. The van der Waals surface area contributed by atoms with Gasteiger partial charge in [-0.2, -0.15) is 0 Å². The van der Waals surface area contributed by atoms with E-state index in [2.05, 4.69) is 31.1 Å². The van der Waals surface area contributed by atoms with Crippen molar-refractivity contribution in [1.82, 2.24) is 10.2 Å². The van der Waals surface area contributed by atoms with Gasteiger partial charge in [-0.15, -0.1) is 0 Å². The Balaban J connectivity index is 1.89. The summed E-state index contributed by atoms with van der Waals surface area (Å²) >= 11 is 0. The molecule has 0 aromatic rings. The first-order valence-corrected chi connectivity index (χ1v) is 7.22. The predicted octanol–water partition coefficient (Wildman–Crippen LogP) is 2.27. The summed E-state index contributed by atoms with van der Waals surface area (Å²) in [6.07, 6.45) is 6.91. The fourth-order valence-corrected chi connectivity index (χ4v) is 2.34. The van der Waals surface area contributed by atoms with Crippen molar-refractivity contribution in [3.05, 3.63) is 0 Å². The predicted molar refractivity (Wildman–Crippen MR) is 73.5 cm³/mol. The molecule has 1 aliphatic rings. The molecule has 1 rings (SSSR count). The molecule has 17 heavy (non-hydrogen) atoms. The third kappa shape index (κ3) is 7.02. The summed E-state index contributed by atoms with van der Waals surface area (Å²) < 4.78 is 5.52. The van der Waals surface area contributed by atoms with Gasteiger partial charge < -0.3 is 15.0 Å². The summed E-state index contributed by atoms with van der Waals surface area (Å²) in [4.78, 5) is 2.50. The van der Waals surface area contributed by atoms with Crippen LogP contribution in [0, 0.1) is 0 Å². The minimum atomic E-state index is 0.374. The van der Waals surface area contributed by atoms with Crippen molar-refractivity contribution in [3.63, 3.8) is 0 Å². The van der Waals surface area contributed by atoms with Crippen LogP contribution in [-0.2, 0) is 4.74 Å². The smallest absolute Gasteiger partial charge is 0.0518 e. The largest absolute Gasteiger partial charge is 0.379 e. The van der Waals surface area contributed by atoms with Crippen LogP contribution in [-0.4, -0.2) is 50.3 Å². The molecule has 0 aromatic carbocycles. The van der Waals surface area contributed by atoms with Crippen molar-refractivity contribution < 1.29 is 4.74 Å². The second-order valence-electron chi connectivity index (χ2n) is 5.46. The van der Waals surface area contributed by atoms with Crippen LogP contribution in [0.25, 0.3) is 0 Å². The van der Waals surface area contributed by atoms with Gasteiger partial charge in [0.1, 0.15) is 0 Å². The lowest BCUT2D eigenvalue weighted by Gasteiger charge is -2.32. The summed E-state index contributed by atoms with van der Waals surface area (Å²) in [6.45, 7) is 8.65. The van der Waals surface area contributed by atoms with Gasteiger partial charge in [0.15, 0.2) is 0 Å². The van der Waals surface area contributed by atoms with Crippen LogP contribution in [0.4, 0.5) is 0 Å².